The Kier molecular flexibility index (Phi) is 3.99. The maximum Gasteiger partial charge on any atom is 0.118 e. The second-order valence-electron chi connectivity index (χ2n) is 4.40. The maximum atomic E-state index is 5.15. The zero-order valence-corrected chi connectivity index (χ0v) is 11.0. The van der Waals surface area contributed by atoms with E-state index in [4.69, 9.17) is 4.74 Å². The van der Waals surface area contributed by atoms with Crippen LogP contribution in [0.5, 0.6) is 5.75 Å². The van der Waals surface area contributed by atoms with Gasteiger partial charge in [0.05, 0.1) is 13.3 Å². The summed E-state index contributed by atoms with van der Waals surface area (Å²) in [5.74, 6) is 0.886. The molecule has 0 unspecified atom stereocenters. The molecule has 4 heteroatoms. The lowest BCUT2D eigenvalue weighted by atomic mass is 10.1. The van der Waals surface area contributed by atoms with Gasteiger partial charge in [0.15, 0.2) is 0 Å². The van der Waals surface area contributed by atoms with E-state index in [2.05, 4.69) is 34.6 Å². The molecule has 0 aliphatic rings. The van der Waals surface area contributed by atoms with Crippen molar-refractivity contribution < 1.29 is 4.74 Å². The number of hydrogen-bond donors (Lipinski definition) is 2. The predicted molar refractivity (Wildman–Crippen MR) is 71.6 cm³/mol. The molecule has 0 radical (unpaired) electrons. The summed E-state index contributed by atoms with van der Waals surface area (Å²) in [5.41, 5.74) is 3.57. The quantitative estimate of drug-likeness (QED) is 0.851. The fourth-order valence-corrected chi connectivity index (χ4v) is 1.83. The first-order valence-corrected chi connectivity index (χ1v) is 6.07. The molecule has 0 amide bonds. The van der Waals surface area contributed by atoms with Crippen molar-refractivity contribution in [3.8, 4) is 5.75 Å². The summed E-state index contributed by atoms with van der Waals surface area (Å²) in [6.45, 7) is 4.99. The molecule has 1 atom stereocenters. The summed E-state index contributed by atoms with van der Waals surface area (Å²) in [5, 5.41) is 10.4. The third-order valence-electron chi connectivity index (χ3n) is 3.15. The first-order valence-electron chi connectivity index (χ1n) is 6.07. The van der Waals surface area contributed by atoms with Crippen molar-refractivity contribution in [2.75, 3.05) is 7.11 Å². The number of hydrogen-bond acceptors (Lipinski definition) is 3. The first kappa shape index (κ1) is 12.6. The lowest BCUT2D eigenvalue weighted by Gasteiger charge is -2.14. The van der Waals surface area contributed by atoms with Crippen LogP contribution in [0, 0.1) is 6.92 Å². The normalized spacial score (nSPS) is 12.4. The summed E-state index contributed by atoms with van der Waals surface area (Å²) in [7, 11) is 1.68. The van der Waals surface area contributed by atoms with Crippen molar-refractivity contribution in [1.29, 1.82) is 0 Å². The van der Waals surface area contributed by atoms with Crippen LogP contribution in [0.15, 0.2) is 30.5 Å². The van der Waals surface area contributed by atoms with Gasteiger partial charge in [-0.1, -0.05) is 12.1 Å². The average Bonchev–Trinajstić information content (AvgIpc) is 2.81. The summed E-state index contributed by atoms with van der Waals surface area (Å²) >= 11 is 0. The van der Waals surface area contributed by atoms with Crippen LogP contribution < -0.4 is 10.1 Å². The van der Waals surface area contributed by atoms with Crippen molar-refractivity contribution in [2.45, 2.75) is 26.4 Å². The second kappa shape index (κ2) is 5.69. The minimum Gasteiger partial charge on any atom is -0.497 e. The van der Waals surface area contributed by atoms with Gasteiger partial charge in [-0.05, 0) is 31.5 Å². The highest BCUT2D eigenvalue weighted by Gasteiger charge is 2.06. The molecule has 1 aromatic carbocycles. The first-order chi connectivity index (χ1) is 8.70. The van der Waals surface area contributed by atoms with Crippen molar-refractivity contribution in [2.24, 2.45) is 0 Å². The smallest absolute Gasteiger partial charge is 0.118 e. The molecule has 1 aromatic heterocycles. The van der Waals surface area contributed by atoms with Crippen LogP contribution in [-0.4, -0.2) is 17.3 Å². The Labute approximate surface area is 107 Å². The van der Waals surface area contributed by atoms with Crippen LogP contribution in [0.4, 0.5) is 0 Å². The Morgan fingerprint density at radius 3 is 2.61 bits per heavy atom. The Morgan fingerprint density at radius 1 is 1.33 bits per heavy atom. The van der Waals surface area contributed by atoms with E-state index in [0.29, 0.717) is 6.04 Å². The number of benzene rings is 1. The molecule has 2 aromatic rings. The van der Waals surface area contributed by atoms with Crippen LogP contribution in [0.2, 0.25) is 0 Å². The Bertz CT molecular complexity index is 490. The SMILES string of the molecule is COc1ccc([C@H](C)NCc2cn[nH]c2C)cc1. The third-order valence-corrected chi connectivity index (χ3v) is 3.15. The highest BCUT2D eigenvalue weighted by atomic mass is 16.5. The van der Waals surface area contributed by atoms with E-state index in [-0.39, 0.29) is 0 Å². The van der Waals surface area contributed by atoms with E-state index < -0.39 is 0 Å². The van der Waals surface area contributed by atoms with Gasteiger partial charge in [0, 0.05) is 23.8 Å². The summed E-state index contributed by atoms with van der Waals surface area (Å²) < 4.78 is 5.15. The van der Waals surface area contributed by atoms with Crippen LogP contribution in [-0.2, 0) is 6.54 Å². The van der Waals surface area contributed by atoms with Gasteiger partial charge in [-0.3, -0.25) is 5.10 Å². The van der Waals surface area contributed by atoms with Gasteiger partial charge >= 0.3 is 0 Å². The highest BCUT2D eigenvalue weighted by molar-refractivity contribution is 5.29. The minimum atomic E-state index is 0.296. The minimum absolute atomic E-state index is 0.296. The molecule has 2 N–H and O–H groups in total. The number of aromatic nitrogens is 2. The van der Waals surface area contributed by atoms with Crippen molar-refractivity contribution in [1.82, 2.24) is 15.5 Å². The Balaban J connectivity index is 1.94. The number of rotatable bonds is 5. The van der Waals surface area contributed by atoms with Gasteiger partial charge in [0.25, 0.3) is 0 Å². The van der Waals surface area contributed by atoms with E-state index in [1.54, 1.807) is 7.11 Å². The largest absolute Gasteiger partial charge is 0.497 e. The van der Waals surface area contributed by atoms with Crippen LogP contribution in [0.1, 0.15) is 29.8 Å². The van der Waals surface area contributed by atoms with Gasteiger partial charge in [-0.2, -0.15) is 5.10 Å². The van der Waals surface area contributed by atoms with Gasteiger partial charge < -0.3 is 10.1 Å². The summed E-state index contributed by atoms with van der Waals surface area (Å²) in [6, 6.07) is 8.43. The zero-order valence-electron chi connectivity index (χ0n) is 11.0. The van der Waals surface area contributed by atoms with Gasteiger partial charge in [-0.15, -0.1) is 0 Å². The Hall–Kier alpha value is -1.81. The van der Waals surface area contributed by atoms with Crippen molar-refractivity contribution >= 4 is 0 Å². The molecule has 2 rings (SSSR count). The molecular weight excluding hydrogens is 226 g/mol. The topological polar surface area (TPSA) is 49.9 Å². The van der Waals surface area contributed by atoms with Crippen LogP contribution in [0.3, 0.4) is 0 Å². The zero-order chi connectivity index (χ0) is 13.0. The molecule has 1 heterocycles. The molecule has 0 aliphatic heterocycles. The van der Waals surface area contributed by atoms with Crippen LogP contribution in [0.25, 0.3) is 0 Å². The van der Waals surface area contributed by atoms with E-state index in [0.717, 1.165) is 18.0 Å². The molecule has 96 valence electrons. The third kappa shape index (κ3) is 2.90. The second-order valence-corrected chi connectivity index (χ2v) is 4.40. The van der Waals surface area contributed by atoms with E-state index in [1.165, 1.54) is 11.1 Å². The lowest BCUT2D eigenvalue weighted by molar-refractivity contribution is 0.414. The van der Waals surface area contributed by atoms with Crippen LogP contribution >= 0.6 is 0 Å². The molecule has 0 fully saturated rings. The van der Waals surface area contributed by atoms with Crippen molar-refractivity contribution in [3.63, 3.8) is 0 Å². The van der Waals surface area contributed by atoms with E-state index >= 15 is 0 Å². The molecule has 0 saturated heterocycles. The summed E-state index contributed by atoms with van der Waals surface area (Å²) in [6.07, 6.45) is 1.86. The molecule has 18 heavy (non-hydrogen) atoms. The number of methoxy groups -OCH3 is 1. The average molecular weight is 245 g/mol. The standard InChI is InChI=1S/C14H19N3O/c1-10(12-4-6-14(18-3)7-5-12)15-8-13-9-16-17-11(13)2/h4-7,9-10,15H,8H2,1-3H3,(H,16,17)/t10-/m0/s1. The lowest BCUT2D eigenvalue weighted by Crippen LogP contribution is -2.18. The number of H-pyrrole nitrogens is 1. The fraction of sp³-hybridized carbons (Fsp3) is 0.357. The summed E-state index contributed by atoms with van der Waals surface area (Å²) in [4.78, 5) is 0. The number of ether oxygens (including phenoxy) is 1. The monoisotopic (exact) mass is 245 g/mol. The molecular formula is C14H19N3O. The maximum absolute atomic E-state index is 5.15. The molecule has 0 bridgehead atoms. The molecule has 0 aliphatic carbocycles. The number of nitrogens with zero attached hydrogens (tertiary/aromatic N) is 1. The predicted octanol–water partition coefficient (Wildman–Crippen LogP) is 2.58. The number of aromatic amines is 1. The molecule has 4 nitrogen and oxygen atoms in total. The Morgan fingerprint density at radius 2 is 2.06 bits per heavy atom. The molecule has 0 saturated carbocycles. The van der Waals surface area contributed by atoms with E-state index in [1.807, 2.05) is 25.3 Å². The molecule has 0 spiro atoms. The van der Waals surface area contributed by atoms with Gasteiger partial charge in [0.1, 0.15) is 5.75 Å². The fourth-order valence-electron chi connectivity index (χ4n) is 1.83. The van der Waals surface area contributed by atoms with Crippen molar-refractivity contribution in [3.05, 3.63) is 47.3 Å². The van der Waals surface area contributed by atoms with Gasteiger partial charge in [0.2, 0.25) is 0 Å². The van der Waals surface area contributed by atoms with Gasteiger partial charge in [-0.25, -0.2) is 0 Å². The highest BCUT2D eigenvalue weighted by Crippen LogP contribution is 2.17. The number of aryl methyl sites for hydroxylation is 1. The van der Waals surface area contributed by atoms with E-state index in [9.17, 15) is 0 Å². The number of nitrogens with one attached hydrogen (secondary N) is 2.